The van der Waals surface area contributed by atoms with Gasteiger partial charge in [0, 0.05) is 35.6 Å². The predicted octanol–water partition coefficient (Wildman–Crippen LogP) is 1.23. The Hall–Kier alpha value is -1.66. The van der Waals surface area contributed by atoms with Crippen molar-refractivity contribution < 1.29 is 4.79 Å². The Morgan fingerprint density at radius 2 is 2.39 bits per heavy atom. The fourth-order valence-electron chi connectivity index (χ4n) is 1.88. The van der Waals surface area contributed by atoms with E-state index in [1.165, 1.54) is 0 Å². The normalized spacial score (nSPS) is 19.0. The third kappa shape index (κ3) is 2.16. The first kappa shape index (κ1) is 11.4. The highest BCUT2D eigenvalue weighted by molar-refractivity contribution is 7.99. The molecular weight excluding hydrogens is 248 g/mol. The van der Waals surface area contributed by atoms with Gasteiger partial charge in [-0.1, -0.05) is 0 Å². The Morgan fingerprint density at radius 3 is 3.22 bits per heavy atom. The number of anilines is 1. The Bertz CT molecular complexity index is 578. The van der Waals surface area contributed by atoms with Gasteiger partial charge in [0.15, 0.2) is 0 Å². The fourth-order valence-corrected chi connectivity index (χ4v) is 2.82. The lowest BCUT2D eigenvalue weighted by molar-refractivity contribution is -0.117. The molecule has 2 aromatic rings. The molecule has 0 spiro atoms. The summed E-state index contributed by atoms with van der Waals surface area (Å²) in [6.45, 7) is 0. The molecule has 5 nitrogen and oxygen atoms in total. The molecule has 18 heavy (non-hydrogen) atoms. The second-order valence-corrected chi connectivity index (χ2v) is 5.04. The first-order chi connectivity index (χ1) is 8.84. The van der Waals surface area contributed by atoms with Crippen LogP contribution in [0.2, 0.25) is 0 Å². The highest BCUT2D eigenvalue weighted by Gasteiger charge is 2.22. The van der Waals surface area contributed by atoms with Crippen molar-refractivity contribution in [3.63, 3.8) is 0 Å². The van der Waals surface area contributed by atoms with Gasteiger partial charge in [-0.15, -0.1) is 11.8 Å². The summed E-state index contributed by atoms with van der Waals surface area (Å²) in [6, 6.07) is 3.51. The average Bonchev–Trinajstić information content (AvgIpc) is 2.93. The van der Waals surface area contributed by atoms with E-state index in [2.05, 4.69) is 20.6 Å². The fraction of sp³-hybridized carbons (Fsp3) is 0.250. The summed E-state index contributed by atoms with van der Waals surface area (Å²) in [5.41, 5.74) is 1.59. The molecule has 3 heterocycles. The molecule has 1 atom stereocenters. The molecule has 0 saturated carbocycles. The summed E-state index contributed by atoms with van der Waals surface area (Å²) in [4.78, 5) is 20.3. The molecule has 1 aliphatic rings. The monoisotopic (exact) mass is 260 g/mol. The number of carbonyl (C=O) groups excluding carboxylic acids is 1. The van der Waals surface area contributed by atoms with Gasteiger partial charge in [-0.05, 0) is 12.1 Å². The number of carbonyl (C=O) groups is 1. The number of nitrogens with one attached hydrogen (secondary N) is 2. The smallest absolute Gasteiger partial charge is 0.242 e. The molecule has 1 saturated heterocycles. The zero-order chi connectivity index (χ0) is 12.4. The van der Waals surface area contributed by atoms with E-state index in [0.717, 1.165) is 28.2 Å². The van der Waals surface area contributed by atoms with Crippen molar-refractivity contribution in [2.45, 2.75) is 6.04 Å². The Labute approximate surface area is 108 Å². The number of fused-ring (bicyclic) bond motifs is 1. The second kappa shape index (κ2) is 4.91. The average molecular weight is 260 g/mol. The summed E-state index contributed by atoms with van der Waals surface area (Å²) >= 11 is 1.73. The van der Waals surface area contributed by atoms with Crippen LogP contribution in [0.1, 0.15) is 0 Å². The molecule has 0 aliphatic carbocycles. The van der Waals surface area contributed by atoms with E-state index in [4.69, 9.17) is 0 Å². The predicted molar refractivity (Wildman–Crippen MR) is 72.4 cm³/mol. The molecule has 0 aromatic carbocycles. The highest BCUT2D eigenvalue weighted by Crippen LogP contribution is 2.20. The molecule has 0 radical (unpaired) electrons. The lowest BCUT2D eigenvalue weighted by atomic mass is 10.2. The van der Waals surface area contributed by atoms with Gasteiger partial charge in [0.2, 0.25) is 5.91 Å². The van der Waals surface area contributed by atoms with Gasteiger partial charge in [0.25, 0.3) is 0 Å². The van der Waals surface area contributed by atoms with Crippen molar-refractivity contribution in [2.75, 3.05) is 16.9 Å². The van der Waals surface area contributed by atoms with E-state index in [9.17, 15) is 4.79 Å². The van der Waals surface area contributed by atoms with E-state index in [0.29, 0.717) is 0 Å². The van der Waals surface area contributed by atoms with Crippen LogP contribution in [-0.4, -0.2) is 33.5 Å². The number of hydrogen-bond acceptors (Lipinski definition) is 5. The molecule has 2 N–H and O–H groups in total. The van der Waals surface area contributed by atoms with Crippen LogP contribution in [0.5, 0.6) is 0 Å². The topological polar surface area (TPSA) is 66.9 Å². The van der Waals surface area contributed by atoms with E-state index < -0.39 is 0 Å². The van der Waals surface area contributed by atoms with Gasteiger partial charge in [-0.25, -0.2) is 0 Å². The van der Waals surface area contributed by atoms with Crippen molar-refractivity contribution in [3.05, 3.63) is 30.7 Å². The molecule has 1 unspecified atom stereocenters. The maximum atomic E-state index is 12.0. The van der Waals surface area contributed by atoms with E-state index >= 15 is 0 Å². The molecule has 3 rings (SSSR count). The van der Waals surface area contributed by atoms with Gasteiger partial charge >= 0.3 is 0 Å². The van der Waals surface area contributed by atoms with Gasteiger partial charge in [0.05, 0.1) is 17.2 Å². The van der Waals surface area contributed by atoms with Crippen LogP contribution in [0, 0.1) is 0 Å². The summed E-state index contributed by atoms with van der Waals surface area (Å²) in [5, 5.41) is 6.94. The summed E-state index contributed by atoms with van der Waals surface area (Å²) in [7, 11) is 0. The largest absolute Gasteiger partial charge is 0.324 e. The molecular formula is C12H12N4OS. The molecule has 1 fully saturated rings. The number of amides is 1. The van der Waals surface area contributed by atoms with Gasteiger partial charge in [0.1, 0.15) is 0 Å². The minimum Gasteiger partial charge on any atom is -0.324 e. The first-order valence-corrected chi connectivity index (χ1v) is 6.81. The van der Waals surface area contributed by atoms with Crippen molar-refractivity contribution in [1.82, 2.24) is 15.3 Å². The van der Waals surface area contributed by atoms with Gasteiger partial charge in [-0.2, -0.15) is 0 Å². The van der Waals surface area contributed by atoms with Crippen molar-refractivity contribution in [2.24, 2.45) is 0 Å². The van der Waals surface area contributed by atoms with Crippen LogP contribution in [0.15, 0.2) is 30.7 Å². The van der Waals surface area contributed by atoms with Crippen LogP contribution in [0.25, 0.3) is 10.9 Å². The van der Waals surface area contributed by atoms with Crippen molar-refractivity contribution >= 4 is 34.3 Å². The van der Waals surface area contributed by atoms with Crippen molar-refractivity contribution in [1.29, 1.82) is 0 Å². The number of hydrogen-bond donors (Lipinski definition) is 2. The number of rotatable bonds is 2. The lowest BCUT2D eigenvalue weighted by Crippen LogP contribution is -2.37. The first-order valence-electron chi connectivity index (χ1n) is 5.65. The van der Waals surface area contributed by atoms with E-state index in [1.807, 2.05) is 6.07 Å². The van der Waals surface area contributed by atoms with Crippen molar-refractivity contribution in [3.8, 4) is 0 Å². The number of pyridine rings is 2. The van der Waals surface area contributed by atoms with Crippen LogP contribution in [0.3, 0.4) is 0 Å². The summed E-state index contributed by atoms with van der Waals surface area (Å²) in [5.74, 6) is 1.64. The molecule has 2 aromatic heterocycles. The Balaban J connectivity index is 1.88. The molecule has 1 amide bonds. The SMILES string of the molecule is O=C(Nc1ccnc2ccncc12)C1CSCN1. The van der Waals surface area contributed by atoms with Crippen LogP contribution in [0.4, 0.5) is 5.69 Å². The molecule has 92 valence electrons. The summed E-state index contributed by atoms with van der Waals surface area (Å²) in [6.07, 6.45) is 5.10. The third-order valence-corrected chi connectivity index (χ3v) is 3.77. The maximum Gasteiger partial charge on any atom is 0.242 e. The number of nitrogens with zero attached hydrogens (tertiary/aromatic N) is 2. The standard InChI is InChI=1S/C12H12N4OS/c17-12(11-6-18-7-15-11)16-10-2-4-14-9-1-3-13-5-8(9)10/h1-5,11,15H,6-7H2,(H,14,16,17). The van der Waals surface area contributed by atoms with E-state index in [1.54, 1.807) is 36.4 Å². The number of aromatic nitrogens is 2. The lowest BCUT2D eigenvalue weighted by Gasteiger charge is -2.11. The van der Waals surface area contributed by atoms with Crippen LogP contribution < -0.4 is 10.6 Å². The zero-order valence-electron chi connectivity index (χ0n) is 9.59. The second-order valence-electron chi connectivity index (χ2n) is 4.01. The van der Waals surface area contributed by atoms with E-state index in [-0.39, 0.29) is 11.9 Å². The molecule has 6 heteroatoms. The van der Waals surface area contributed by atoms with Crippen LogP contribution >= 0.6 is 11.8 Å². The van der Waals surface area contributed by atoms with Gasteiger partial charge in [-0.3, -0.25) is 20.1 Å². The minimum absolute atomic E-state index is 0.00338. The zero-order valence-corrected chi connectivity index (χ0v) is 10.4. The Morgan fingerprint density at radius 1 is 1.44 bits per heavy atom. The van der Waals surface area contributed by atoms with Gasteiger partial charge < -0.3 is 5.32 Å². The van der Waals surface area contributed by atoms with Crippen LogP contribution in [-0.2, 0) is 4.79 Å². The minimum atomic E-state index is -0.116. The highest BCUT2D eigenvalue weighted by atomic mass is 32.2. The third-order valence-electron chi connectivity index (χ3n) is 2.83. The molecule has 1 aliphatic heterocycles. The number of thioether (sulfide) groups is 1. The molecule has 0 bridgehead atoms. The Kier molecular flexibility index (Phi) is 3.12. The maximum absolute atomic E-state index is 12.0. The summed E-state index contributed by atoms with van der Waals surface area (Å²) < 4.78 is 0. The quantitative estimate of drug-likeness (QED) is 0.850.